The fraction of sp³-hybridized carbons (Fsp3) is 0.333. The maximum absolute atomic E-state index is 12.4. The summed E-state index contributed by atoms with van der Waals surface area (Å²) in [5.74, 6) is -0.822. The molecule has 110 valence electrons. The zero-order valence-corrected chi connectivity index (χ0v) is 11.5. The van der Waals surface area contributed by atoms with Crippen LogP contribution in [0.2, 0.25) is 0 Å². The molecule has 0 aliphatic heterocycles. The molecule has 0 saturated carbocycles. The molecule has 1 rings (SSSR count). The average Bonchev–Trinajstić information content (AvgIpc) is 2.42. The summed E-state index contributed by atoms with van der Waals surface area (Å²) < 4.78 is 41.7. The fourth-order valence-corrected chi connectivity index (χ4v) is 1.53. The minimum Gasteiger partial charge on any atom is -0.464 e. The lowest BCUT2D eigenvalue weighted by Crippen LogP contribution is -2.21. The van der Waals surface area contributed by atoms with Gasteiger partial charge in [0.2, 0.25) is 5.17 Å². The van der Waals surface area contributed by atoms with Gasteiger partial charge in [0, 0.05) is 6.54 Å². The molecule has 1 aromatic carbocycles. The van der Waals surface area contributed by atoms with Crippen molar-refractivity contribution in [3.63, 3.8) is 0 Å². The number of halogens is 4. The number of methoxy groups -OCH3 is 1. The lowest BCUT2D eigenvalue weighted by molar-refractivity contribution is -0.137. The highest BCUT2D eigenvalue weighted by molar-refractivity contribution is 6.82. The van der Waals surface area contributed by atoms with Gasteiger partial charge in [0.1, 0.15) is 0 Å². The Morgan fingerprint density at radius 2 is 1.90 bits per heavy atom. The zero-order valence-electron chi connectivity index (χ0n) is 10.7. The highest BCUT2D eigenvalue weighted by Gasteiger charge is 2.30. The third-order valence-corrected chi connectivity index (χ3v) is 2.58. The number of hydrazone groups is 1. The normalized spacial score (nSPS) is 12.2. The van der Waals surface area contributed by atoms with Gasteiger partial charge in [-0.2, -0.15) is 18.3 Å². The maximum atomic E-state index is 12.4. The van der Waals surface area contributed by atoms with Gasteiger partial charge in [0.25, 0.3) is 0 Å². The number of alkyl halides is 3. The fourth-order valence-electron chi connectivity index (χ4n) is 1.36. The molecule has 0 amide bonds. The van der Waals surface area contributed by atoms with Crippen molar-refractivity contribution < 1.29 is 22.7 Å². The van der Waals surface area contributed by atoms with E-state index in [1.165, 1.54) is 17.1 Å². The van der Waals surface area contributed by atoms with Gasteiger partial charge in [-0.3, -0.25) is 5.01 Å². The van der Waals surface area contributed by atoms with Gasteiger partial charge in [0.05, 0.1) is 18.4 Å². The number of carbonyl (C=O) groups excluding carboxylic acids is 1. The van der Waals surface area contributed by atoms with Crippen LogP contribution in [-0.4, -0.2) is 24.8 Å². The summed E-state index contributed by atoms with van der Waals surface area (Å²) in [6, 6.07) is 4.35. The molecule has 0 N–H and O–H groups in total. The summed E-state index contributed by atoms with van der Waals surface area (Å²) in [7, 11) is 1.15. The summed E-state index contributed by atoms with van der Waals surface area (Å²) in [6.45, 7) is 2.03. The lowest BCUT2D eigenvalue weighted by Gasteiger charge is -2.18. The van der Waals surface area contributed by atoms with Crippen LogP contribution in [0.25, 0.3) is 0 Å². The van der Waals surface area contributed by atoms with Crippen molar-refractivity contribution in [2.75, 3.05) is 18.7 Å². The zero-order chi connectivity index (χ0) is 15.3. The third-order valence-electron chi connectivity index (χ3n) is 2.35. The topological polar surface area (TPSA) is 41.9 Å². The summed E-state index contributed by atoms with van der Waals surface area (Å²) in [5.41, 5.74) is -0.386. The minimum atomic E-state index is -4.40. The first-order valence-corrected chi connectivity index (χ1v) is 5.94. The average molecular weight is 309 g/mol. The Hall–Kier alpha value is -1.76. The van der Waals surface area contributed by atoms with Gasteiger partial charge in [-0.25, -0.2) is 4.79 Å². The Balaban J connectivity index is 2.99. The molecule has 1 aromatic rings. The van der Waals surface area contributed by atoms with Crippen molar-refractivity contribution in [1.82, 2.24) is 0 Å². The van der Waals surface area contributed by atoms with Crippen molar-refractivity contribution >= 4 is 28.4 Å². The SMILES string of the molecule is CCN(/N=C(\Cl)C(=O)OC)c1ccc(C(F)(F)F)cc1. The van der Waals surface area contributed by atoms with E-state index in [1.54, 1.807) is 6.92 Å². The van der Waals surface area contributed by atoms with E-state index in [0.717, 1.165) is 19.2 Å². The molecule has 0 spiro atoms. The summed E-state index contributed by atoms with van der Waals surface area (Å²) in [4.78, 5) is 11.1. The smallest absolute Gasteiger partial charge is 0.416 e. The van der Waals surface area contributed by atoms with E-state index in [2.05, 4.69) is 9.84 Å². The number of nitrogens with zero attached hydrogens (tertiary/aromatic N) is 2. The first-order valence-electron chi connectivity index (χ1n) is 5.56. The molecule has 0 aromatic heterocycles. The van der Waals surface area contributed by atoms with Gasteiger partial charge in [-0.1, -0.05) is 11.6 Å². The number of rotatable bonds is 4. The van der Waals surface area contributed by atoms with Crippen LogP contribution in [0.15, 0.2) is 29.4 Å². The van der Waals surface area contributed by atoms with Crippen molar-refractivity contribution in [3.8, 4) is 0 Å². The Morgan fingerprint density at radius 1 is 1.35 bits per heavy atom. The molecular weight excluding hydrogens is 297 g/mol. The summed E-state index contributed by atoms with van der Waals surface area (Å²) >= 11 is 5.61. The second-order valence-corrected chi connectivity index (χ2v) is 4.00. The maximum Gasteiger partial charge on any atom is 0.416 e. The lowest BCUT2D eigenvalue weighted by atomic mass is 10.2. The molecule has 0 atom stereocenters. The second-order valence-electron chi connectivity index (χ2n) is 3.64. The van der Waals surface area contributed by atoms with Crippen LogP contribution in [0.5, 0.6) is 0 Å². The van der Waals surface area contributed by atoms with Crippen LogP contribution in [0, 0.1) is 0 Å². The molecule has 0 unspecified atom stereocenters. The third kappa shape index (κ3) is 4.12. The Labute approximate surface area is 118 Å². The molecule has 0 heterocycles. The molecule has 0 aliphatic carbocycles. The van der Waals surface area contributed by atoms with Gasteiger partial charge in [0.15, 0.2) is 0 Å². The predicted molar refractivity (Wildman–Crippen MR) is 69.8 cm³/mol. The molecular formula is C12H12ClF3N2O2. The number of esters is 1. The predicted octanol–water partition coefficient (Wildman–Crippen LogP) is 3.26. The number of benzene rings is 1. The van der Waals surface area contributed by atoms with Gasteiger partial charge in [-0.05, 0) is 31.2 Å². The largest absolute Gasteiger partial charge is 0.464 e. The van der Waals surface area contributed by atoms with Gasteiger partial charge < -0.3 is 4.74 Å². The van der Waals surface area contributed by atoms with Crippen LogP contribution < -0.4 is 5.01 Å². The number of hydrogen-bond donors (Lipinski definition) is 0. The number of anilines is 1. The highest BCUT2D eigenvalue weighted by Crippen LogP contribution is 2.30. The van der Waals surface area contributed by atoms with Gasteiger partial charge >= 0.3 is 12.1 Å². The summed E-state index contributed by atoms with van der Waals surface area (Å²) in [6.07, 6.45) is -4.40. The molecule has 0 bridgehead atoms. The summed E-state index contributed by atoms with van der Waals surface area (Å²) in [5, 5.41) is 4.67. The molecule has 20 heavy (non-hydrogen) atoms. The molecule has 4 nitrogen and oxygen atoms in total. The van der Waals surface area contributed by atoms with E-state index in [9.17, 15) is 18.0 Å². The van der Waals surface area contributed by atoms with Crippen molar-refractivity contribution in [2.24, 2.45) is 5.10 Å². The van der Waals surface area contributed by atoms with Crippen molar-refractivity contribution in [3.05, 3.63) is 29.8 Å². The monoisotopic (exact) mass is 308 g/mol. The van der Waals surface area contributed by atoms with E-state index < -0.39 is 22.9 Å². The Kier molecular flexibility index (Phi) is 5.38. The Bertz CT molecular complexity index is 500. The van der Waals surface area contributed by atoms with Crippen LogP contribution in [-0.2, 0) is 15.7 Å². The number of ether oxygens (including phenoxy) is 1. The minimum absolute atomic E-state index is 0.318. The van der Waals surface area contributed by atoms with E-state index >= 15 is 0 Å². The van der Waals surface area contributed by atoms with E-state index in [4.69, 9.17) is 11.6 Å². The molecule has 8 heteroatoms. The van der Waals surface area contributed by atoms with E-state index in [0.29, 0.717) is 12.2 Å². The van der Waals surface area contributed by atoms with E-state index in [1.807, 2.05) is 0 Å². The number of hydrogen-bond acceptors (Lipinski definition) is 4. The van der Waals surface area contributed by atoms with Crippen LogP contribution in [0.3, 0.4) is 0 Å². The highest BCUT2D eigenvalue weighted by atomic mass is 35.5. The van der Waals surface area contributed by atoms with Gasteiger partial charge in [-0.15, -0.1) is 0 Å². The quantitative estimate of drug-likeness (QED) is 0.487. The van der Waals surface area contributed by atoms with Crippen LogP contribution in [0.4, 0.5) is 18.9 Å². The second kappa shape index (κ2) is 6.60. The van der Waals surface area contributed by atoms with Crippen LogP contribution >= 0.6 is 11.6 Å². The van der Waals surface area contributed by atoms with Crippen molar-refractivity contribution in [1.29, 1.82) is 0 Å². The molecule has 0 aliphatic rings. The van der Waals surface area contributed by atoms with Crippen molar-refractivity contribution in [2.45, 2.75) is 13.1 Å². The molecule has 0 radical (unpaired) electrons. The standard InChI is InChI=1S/C12H12ClF3N2O2/c1-3-18(17-10(13)11(19)20-2)9-6-4-8(5-7-9)12(14,15)16/h4-7H,3H2,1-2H3/b17-10-. The Morgan fingerprint density at radius 3 is 2.30 bits per heavy atom. The molecule has 0 saturated heterocycles. The first kappa shape index (κ1) is 16.3. The van der Waals surface area contributed by atoms with Crippen LogP contribution in [0.1, 0.15) is 12.5 Å². The number of carbonyl (C=O) groups is 1. The first-order chi connectivity index (χ1) is 9.29. The van der Waals surface area contributed by atoms with E-state index in [-0.39, 0.29) is 0 Å². The molecule has 0 fully saturated rings.